The van der Waals surface area contributed by atoms with Crippen molar-refractivity contribution < 1.29 is 13.2 Å². The Morgan fingerprint density at radius 1 is 1.41 bits per heavy atom. The van der Waals surface area contributed by atoms with E-state index in [1.165, 1.54) is 12.1 Å². The molecule has 1 heterocycles. The number of carbonyl (C=O) groups is 1. The molecule has 0 radical (unpaired) electrons. The number of hydrogen-bond acceptors (Lipinski definition) is 3. The number of amides is 1. The van der Waals surface area contributed by atoms with Gasteiger partial charge in [0.15, 0.2) is 9.84 Å². The van der Waals surface area contributed by atoms with Crippen LogP contribution in [0.4, 0.5) is 5.69 Å². The maximum Gasteiger partial charge on any atom is 0.228 e. The highest BCUT2D eigenvalue weighted by molar-refractivity contribution is 9.09. The third-order valence-corrected chi connectivity index (χ3v) is 4.36. The second-order valence-corrected chi connectivity index (χ2v) is 7.39. The lowest BCUT2D eigenvalue weighted by Crippen LogP contribution is -2.24. The smallest absolute Gasteiger partial charge is 0.228 e. The topological polar surface area (TPSA) is 54.5 Å². The van der Waals surface area contributed by atoms with Gasteiger partial charge >= 0.3 is 0 Å². The summed E-state index contributed by atoms with van der Waals surface area (Å²) in [6.45, 7) is 0.575. The van der Waals surface area contributed by atoms with E-state index < -0.39 is 9.84 Å². The highest BCUT2D eigenvalue weighted by Crippen LogP contribution is 2.26. The minimum Gasteiger partial charge on any atom is -0.311 e. The predicted molar refractivity (Wildman–Crippen MR) is 69.2 cm³/mol. The molecule has 1 atom stereocenters. The van der Waals surface area contributed by atoms with Gasteiger partial charge < -0.3 is 4.90 Å². The maximum atomic E-state index is 11.7. The molecule has 17 heavy (non-hydrogen) atoms. The molecular formula is C11H12BrNO3S. The zero-order valence-electron chi connectivity index (χ0n) is 9.26. The van der Waals surface area contributed by atoms with Crippen molar-refractivity contribution in [3.8, 4) is 0 Å². The largest absolute Gasteiger partial charge is 0.311 e. The molecule has 1 aromatic rings. The fourth-order valence-corrected chi connectivity index (χ4v) is 3.02. The first-order chi connectivity index (χ1) is 7.88. The predicted octanol–water partition coefficient (Wildman–Crippen LogP) is 1.59. The van der Waals surface area contributed by atoms with Crippen molar-refractivity contribution in [2.24, 2.45) is 0 Å². The van der Waals surface area contributed by atoms with E-state index >= 15 is 0 Å². The van der Waals surface area contributed by atoms with Gasteiger partial charge in [-0.15, -0.1) is 0 Å². The number of nitrogens with zero attached hydrogens (tertiary/aromatic N) is 1. The van der Waals surface area contributed by atoms with Crippen LogP contribution in [0.2, 0.25) is 0 Å². The van der Waals surface area contributed by atoms with Crippen LogP contribution in [0.25, 0.3) is 0 Å². The zero-order valence-corrected chi connectivity index (χ0v) is 11.7. The molecule has 92 valence electrons. The third-order valence-electron chi connectivity index (χ3n) is 2.64. The Labute approximate surface area is 109 Å². The standard InChI is InChI=1S/C11H12BrNO3S/c1-17(15,16)10-4-2-3-9(6-10)13-7-8(12)5-11(13)14/h2-4,6,8H,5,7H2,1H3. The van der Waals surface area contributed by atoms with Crippen molar-refractivity contribution in [3.05, 3.63) is 24.3 Å². The van der Waals surface area contributed by atoms with E-state index in [-0.39, 0.29) is 15.6 Å². The molecule has 2 rings (SSSR count). The van der Waals surface area contributed by atoms with E-state index in [0.29, 0.717) is 18.7 Å². The first-order valence-corrected chi connectivity index (χ1v) is 7.93. The first kappa shape index (κ1) is 12.6. The Kier molecular flexibility index (Phi) is 3.27. The molecule has 1 aliphatic heterocycles. The Morgan fingerprint density at radius 2 is 2.12 bits per heavy atom. The van der Waals surface area contributed by atoms with Crippen LogP contribution in [-0.2, 0) is 14.6 Å². The van der Waals surface area contributed by atoms with Crippen molar-refractivity contribution in [2.75, 3.05) is 17.7 Å². The normalized spacial score (nSPS) is 20.9. The lowest BCUT2D eigenvalue weighted by molar-refractivity contribution is -0.117. The molecule has 1 amide bonds. The molecule has 1 unspecified atom stereocenters. The van der Waals surface area contributed by atoms with Gasteiger partial charge in [0.05, 0.1) is 4.90 Å². The summed E-state index contributed by atoms with van der Waals surface area (Å²) in [5.74, 6) is 0.0116. The zero-order chi connectivity index (χ0) is 12.6. The monoisotopic (exact) mass is 317 g/mol. The average Bonchev–Trinajstić information content (AvgIpc) is 2.57. The minimum absolute atomic E-state index is 0.0116. The summed E-state index contributed by atoms with van der Waals surface area (Å²) in [6, 6.07) is 6.47. The Bertz CT molecular complexity index is 556. The van der Waals surface area contributed by atoms with Gasteiger partial charge in [0.2, 0.25) is 5.91 Å². The van der Waals surface area contributed by atoms with E-state index in [2.05, 4.69) is 15.9 Å². The van der Waals surface area contributed by atoms with Crippen molar-refractivity contribution >= 4 is 37.4 Å². The van der Waals surface area contributed by atoms with Gasteiger partial charge in [-0.3, -0.25) is 4.79 Å². The summed E-state index contributed by atoms with van der Waals surface area (Å²) < 4.78 is 22.9. The summed E-state index contributed by atoms with van der Waals surface area (Å²) in [6.07, 6.45) is 1.61. The van der Waals surface area contributed by atoms with Gasteiger partial charge in [-0.25, -0.2) is 8.42 Å². The Morgan fingerprint density at radius 3 is 2.65 bits per heavy atom. The summed E-state index contributed by atoms with van der Waals surface area (Å²) >= 11 is 3.39. The maximum absolute atomic E-state index is 11.7. The van der Waals surface area contributed by atoms with Crippen LogP contribution in [0.3, 0.4) is 0 Å². The number of rotatable bonds is 2. The van der Waals surface area contributed by atoms with Crippen LogP contribution in [0.1, 0.15) is 6.42 Å². The quantitative estimate of drug-likeness (QED) is 0.778. The van der Waals surface area contributed by atoms with Crippen LogP contribution in [-0.4, -0.2) is 32.0 Å². The van der Waals surface area contributed by atoms with Crippen molar-refractivity contribution in [3.63, 3.8) is 0 Å². The summed E-state index contributed by atoms with van der Waals surface area (Å²) in [5, 5.41) is 0. The minimum atomic E-state index is -3.24. The number of hydrogen-bond donors (Lipinski definition) is 0. The average molecular weight is 318 g/mol. The lowest BCUT2D eigenvalue weighted by atomic mass is 10.3. The Balaban J connectivity index is 2.38. The van der Waals surface area contributed by atoms with Gasteiger partial charge in [-0.05, 0) is 18.2 Å². The van der Waals surface area contributed by atoms with E-state index in [1.54, 1.807) is 17.0 Å². The van der Waals surface area contributed by atoms with E-state index in [4.69, 9.17) is 0 Å². The molecule has 6 heteroatoms. The molecule has 1 fully saturated rings. The van der Waals surface area contributed by atoms with Crippen LogP contribution >= 0.6 is 15.9 Å². The number of sulfone groups is 1. The number of halogens is 1. The lowest BCUT2D eigenvalue weighted by Gasteiger charge is -2.16. The van der Waals surface area contributed by atoms with Gasteiger partial charge in [0.1, 0.15) is 0 Å². The van der Waals surface area contributed by atoms with Crippen LogP contribution in [0.15, 0.2) is 29.2 Å². The number of benzene rings is 1. The van der Waals surface area contributed by atoms with E-state index in [1.807, 2.05) is 0 Å². The molecule has 0 bridgehead atoms. The van der Waals surface area contributed by atoms with Crippen molar-refractivity contribution in [1.29, 1.82) is 0 Å². The molecule has 1 aliphatic rings. The van der Waals surface area contributed by atoms with Crippen molar-refractivity contribution in [1.82, 2.24) is 0 Å². The third kappa shape index (κ3) is 2.69. The second-order valence-electron chi connectivity index (χ2n) is 4.08. The van der Waals surface area contributed by atoms with Gasteiger partial charge in [0.25, 0.3) is 0 Å². The van der Waals surface area contributed by atoms with E-state index in [9.17, 15) is 13.2 Å². The van der Waals surface area contributed by atoms with Gasteiger partial charge in [-0.1, -0.05) is 22.0 Å². The number of alkyl halides is 1. The van der Waals surface area contributed by atoms with Crippen LogP contribution in [0, 0.1) is 0 Å². The molecule has 1 aromatic carbocycles. The molecular weight excluding hydrogens is 306 g/mol. The summed E-state index contributed by atoms with van der Waals surface area (Å²) in [7, 11) is -3.24. The molecule has 0 spiro atoms. The highest BCUT2D eigenvalue weighted by atomic mass is 79.9. The molecule has 0 N–H and O–H groups in total. The Hall–Kier alpha value is -0.880. The van der Waals surface area contributed by atoms with E-state index in [0.717, 1.165) is 6.26 Å². The van der Waals surface area contributed by atoms with Gasteiger partial charge in [0, 0.05) is 29.7 Å². The highest BCUT2D eigenvalue weighted by Gasteiger charge is 2.29. The van der Waals surface area contributed by atoms with Gasteiger partial charge in [-0.2, -0.15) is 0 Å². The van der Waals surface area contributed by atoms with Crippen molar-refractivity contribution in [2.45, 2.75) is 16.1 Å². The first-order valence-electron chi connectivity index (χ1n) is 5.12. The SMILES string of the molecule is CS(=O)(=O)c1cccc(N2CC(Br)CC2=O)c1. The molecule has 1 saturated heterocycles. The molecule has 0 aliphatic carbocycles. The number of anilines is 1. The summed E-state index contributed by atoms with van der Waals surface area (Å²) in [5.41, 5.74) is 0.639. The van der Waals surface area contributed by atoms with Crippen LogP contribution in [0.5, 0.6) is 0 Å². The number of carbonyl (C=O) groups excluding carboxylic acids is 1. The summed E-state index contributed by atoms with van der Waals surface area (Å²) in [4.78, 5) is 13.7. The fraction of sp³-hybridized carbons (Fsp3) is 0.364. The second kappa shape index (κ2) is 4.42. The fourth-order valence-electron chi connectivity index (χ4n) is 1.80. The molecule has 4 nitrogen and oxygen atoms in total. The van der Waals surface area contributed by atoms with Crippen LogP contribution < -0.4 is 4.90 Å². The molecule has 0 aromatic heterocycles. The molecule has 0 saturated carbocycles.